The number of ketones is 2. The maximum absolute atomic E-state index is 12.3. The zero-order chi connectivity index (χ0) is 22.8. The molecule has 3 fully saturated rings. The van der Waals surface area contributed by atoms with E-state index in [1.54, 1.807) is 0 Å². The molecule has 4 heteroatoms. The summed E-state index contributed by atoms with van der Waals surface area (Å²) in [5, 5.41) is 20.9. The molecular weight excluding hydrogens is 388 g/mol. The Hall–Kier alpha value is -1.00. The second kappa shape index (κ2) is 7.80. The first-order chi connectivity index (χ1) is 14.4. The molecule has 8 atom stereocenters. The predicted octanol–water partition coefficient (Wildman–Crippen LogP) is 4.86. The lowest BCUT2D eigenvalue weighted by Gasteiger charge is -2.58. The Labute approximate surface area is 187 Å². The number of aliphatic hydroxyl groups excluding tert-OH is 1. The largest absolute Gasteiger partial charge is 0.392 e. The van der Waals surface area contributed by atoms with E-state index in [0.29, 0.717) is 35.9 Å². The van der Waals surface area contributed by atoms with Crippen molar-refractivity contribution >= 4 is 11.6 Å². The van der Waals surface area contributed by atoms with E-state index in [0.717, 1.165) is 19.3 Å². The zero-order valence-electron chi connectivity index (χ0n) is 20.1. The van der Waals surface area contributed by atoms with Crippen molar-refractivity contribution in [2.75, 3.05) is 0 Å². The van der Waals surface area contributed by atoms with Crippen molar-refractivity contribution in [3.8, 4) is 0 Å². The first-order valence-corrected chi connectivity index (χ1v) is 12.6. The van der Waals surface area contributed by atoms with Crippen LogP contribution in [-0.2, 0) is 9.59 Å². The molecule has 0 aromatic rings. The van der Waals surface area contributed by atoms with E-state index in [-0.39, 0.29) is 29.0 Å². The summed E-state index contributed by atoms with van der Waals surface area (Å²) in [5.74, 6) is 2.57. The Morgan fingerprint density at radius 1 is 1.13 bits per heavy atom. The van der Waals surface area contributed by atoms with Crippen molar-refractivity contribution in [1.82, 2.24) is 0 Å². The van der Waals surface area contributed by atoms with E-state index in [1.165, 1.54) is 45.1 Å². The number of allylic oxidation sites excluding steroid dienone is 1. The molecule has 0 aromatic carbocycles. The van der Waals surface area contributed by atoms with Crippen LogP contribution < -0.4 is 0 Å². The van der Waals surface area contributed by atoms with Gasteiger partial charge in [-0.05, 0) is 105 Å². The van der Waals surface area contributed by atoms with Crippen LogP contribution in [0.2, 0.25) is 0 Å². The monoisotopic (exact) mass is 430 g/mol. The summed E-state index contributed by atoms with van der Waals surface area (Å²) in [5.41, 5.74) is 0.435. The van der Waals surface area contributed by atoms with Gasteiger partial charge < -0.3 is 10.2 Å². The zero-order valence-corrected chi connectivity index (χ0v) is 20.1. The van der Waals surface area contributed by atoms with E-state index in [2.05, 4.69) is 20.8 Å². The highest BCUT2D eigenvalue weighted by Gasteiger charge is 2.59. The highest BCUT2D eigenvalue weighted by molar-refractivity contribution is 5.91. The van der Waals surface area contributed by atoms with Gasteiger partial charge in [0.25, 0.3) is 0 Å². The van der Waals surface area contributed by atoms with Gasteiger partial charge in [-0.25, -0.2) is 0 Å². The Balaban J connectivity index is 1.51. The lowest BCUT2D eigenvalue weighted by Crippen LogP contribution is -2.51. The summed E-state index contributed by atoms with van der Waals surface area (Å²) in [6.45, 7) is 10.00. The van der Waals surface area contributed by atoms with Crippen molar-refractivity contribution < 1.29 is 19.8 Å². The number of fused-ring (bicyclic) bond motifs is 5. The molecule has 4 aliphatic carbocycles. The van der Waals surface area contributed by atoms with Crippen molar-refractivity contribution in [2.45, 2.75) is 104 Å². The molecule has 0 heterocycles. The fourth-order valence-corrected chi connectivity index (χ4v) is 8.36. The van der Waals surface area contributed by atoms with Crippen molar-refractivity contribution in [2.24, 2.45) is 40.4 Å². The minimum absolute atomic E-state index is 0.0359. The molecule has 31 heavy (non-hydrogen) atoms. The third-order valence-corrected chi connectivity index (χ3v) is 10.4. The van der Waals surface area contributed by atoms with E-state index >= 15 is 0 Å². The molecule has 174 valence electrons. The quantitative estimate of drug-likeness (QED) is 0.653. The molecule has 0 aromatic heterocycles. The van der Waals surface area contributed by atoms with Crippen LogP contribution in [0.1, 0.15) is 92.4 Å². The van der Waals surface area contributed by atoms with Gasteiger partial charge in [0.05, 0.1) is 6.10 Å². The molecule has 3 saturated carbocycles. The fraction of sp³-hybridized carbons (Fsp3) is 0.852. The van der Waals surface area contributed by atoms with Crippen LogP contribution in [-0.4, -0.2) is 33.5 Å². The molecule has 0 bridgehead atoms. The van der Waals surface area contributed by atoms with Gasteiger partial charge in [-0.1, -0.05) is 26.3 Å². The summed E-state index contributed by atoms with van der Waals surface area (Å²) >= 11 is 0. The SMILES string of the molecule is C[C@H](C(O)CC(=O)C(C)(C)O)[C@H]1CC[C@H]2[C@@H]3CCC4=CC(=O)CC[C@]4(C)[C@H]3CC[C@]12C. The van der Waals surface area contributed by atoms with Gasteiger partial charge in [0.2, 0.25) is 0 Å². The number of rotatable bonds is 5. The van der Waals surface area contributed by atoms with Crippen molar-refractivity contribution in [3.05, 3.63) is 11.6 Å². The van der Waals surface area contributed by atoms with Gasteiger partial charge in [0.1, 0.15) is 5.60 Å². The maximum Gasteiger partial charge on any atom is 0.166 e. The summed E-state index contributed by atoms with van der Waals surface area (Å²) in [7, 11) is 0. The van der Waals surface area contributed by atoms with Crippen LogP contribution >= 0.6 is 0 Å². The van der Waals surface area contributed by atoms with Gasteiger partial charge >= 0.3 is 0 Å². The molecule has 4 nitrogen and oxygen atoms in total. The van der Waals surface area contributed by atoms with E-state index in [4.69, 9.17) is 0 Å². The van der Waals surface area contributed by atoms with Crippen LogP contribution in [0.3, 0.4) is 0 Å². The van der Waals surface area contributed by atoms with Gasteiger partial charge in [0.15, 0.2) is 11.6 Å². The number of aliphatic hydroxyl groups is 2. The molecule has 0 amide bonds. The number of hydrogen-bond donors (Lipinski definition) is 2. The number of carbonyl (C=O) groups is 2. The second-order valence-electron chi connectivity index (χ2n) is 12.3. The third kappa shape index (κ3) is 3.76. The van der Waals surface area contributed by atoms with Crippen LogP contribution in [0.4, 0.5) is 0 Å². The number of carbonyl (C=O) groups excluding carboxylic acids is 2. The number of Topliss-reactive ketones (excluding diaryl/α,β-unsaturated/α-hetero) is 1. The lowest BCUT2D eigenvalue weighted by atomic mass is 9.46. The Morgan fingerprint density at radius 3 is 2.52 bits per heavy atom. The third-order valence-electron chi connectivity index (χ3n) is 10.4. The summed E-state index contributed by atoms with van der Waals surface area (Å²) < 4.78 is 0. The summed E-state index contributed by atoms with van der Waals surface area (Å²) in [6.07, 6.45) is 10.0. The van der Waals surface area contributed by atoms with Crippen LogP contribution in [0.25, 0.3) is 0 Å². The minimum atomic E-state index is -1.38. The van der Waals surface area contributed by atoms with Crippen LogP contribution in [0, 0.1) is 40.4 Å². The minimum Gasteiger partial charge on any atom is -0.392 e. The molecule has 0 saturated heterocycles. The van der Waals surface area contributed by atoms with Crippen LogP contribution in [0.5, 0.6) is 0 Å². The van der Waals surface area contributed by atoms with E-state index in [1.807, 2.05) is 6.08 Å². The average Bonchev–Trinajstić information content (AvgIpc) is 3.04. The molecule has 4 aliphatic rings. The summed E-state index contributed by atoms with van der Waals surface area (Å²) in [4.78, 5) is 24.3. The normalized spacial score (nSPS) is 42.2. The van der Waals surface area contributed by atoms with Gasteiger partial charge in [-0.3, -0.25) is 9.59 Å². The number of hydrogen-bond acceptors (Lipinski definition) is 4. The predicted molar refractivity (Wildman–Crippen MR) is 121 cm³/mol. The van der Waals surface area contributed by atoms with Gasteiger partial charge in [-0.15, -0.1) is 0 Å². The van der Waals surface area contributed by atoms with E-state index in [9.17, 15) is 19.8 Å². The molecule has 0 spiro atoms. The molecule has 0 aliphatic heterocycles. The van der Waals surface area contributed by atoms with E-state index < -0.39 is 11.7 Å². The van der Waals surface area contributed by atoms with Crippen molar-refractivity contribution in [1.29, 1.82) is 0 Å². The van der Waals surface area contributed by atoms with Gasteiger partial charge in [0, 0.05) is 12.8 Å². The smallest absolute Gasteiger partial charge is 0.166 e. The Morgan fingerprint density at radius 2 is 1.84 bits per heavy atom. The topological polar surface area (TPSA) is 74.6 Å². The summed E-state index contributed by atoms with van der Waals surface area (Å²) in [6, 6.07) is 0. The first-order valence-electron chi connectivity index (χ1n) is 12.6. The first kappa shape index (κ1) is 23.2. The standard InChI is InChI=1S/C27H42O4/c1-16(23(29)15-24(30)25(2,3)31)20-8-9-21-19-7-6-17-14-18(28)10-12-26(17,4)22(19)11-13-27(20,21)5/h14,16,19-23,29,31H,6-13,15H2,1-5H3/t16-,19-,20+,21-,22-,23?,26-,27+/m0/s1. The average molecular weight is 431 g/mol. The lowest BCUT2D eigenvalue weighted by molar-refractivity contribution is -0.137. The highest BCUT2D eigenvalue weighted by Crippen LogP contribution is 2.67. The van der Waals surface area contributed by atoms with Crippen LogP contribution in [0.15, 0.2) is 11.6 Å². The van der Waals surface area contributed by atoms with Gasteiger partial charge in [-0.2, -0.15) is 0 Å². The molecule has 0 radical (unpaired) electrons. The Kier molecular flexibility index (Phi) is 5.83. The maximum atomic E-state index is 12.3. The fourth-order valence-electron chi connectivity index (χ4n) is 8.36. The molecule has 4 rings (SSSR count). The molecule has 2 N–H and O–H groups in total. The van der Waals surface area contributed by atoms with Crippen molar-refractivity contribution in [3.63, 3.8) is 0 Å². The molecule has 1 unspecified atom stereocenters. The highest BCUT2D eigenvalue weighted by atomic mass is 16.3. The molecular formula is C27H42O4. The second-order valence-corrected chi connectivity index (χ2v) is 12.3. The Bertz CT molecular complexity index is 777.